The number of hydrogen-bond donors (Lipinski definition) is 3. The van der Waals surface area contributed by atoms with E-state index in [-0.39, 0.29) is 17.9 Å². The van der Waals surface area contributed by atoms with Crippen molar-refractivity contribution in [2.45, 2.75) is 37.8 Å². The van der Waals surface area contributed by atoms with Crippen LogP contribution in [-0.2, 0) is 9.59 Å². The molecule has 5 nitrogen and oxygen atoms in total. The highest BCUT2D eigenvalue weighted by Crippen LogP contribution is 2.25. The van der Waals surface area contributed by atoms with E-state index in [0.717, 1.165) is 25.7 Å². The Hall–Kier alpha value is -1.40. The lowest BCUT2D eigenvalue weighted by atomic mass is 9.86. The Morgan fingerprint density at radius 1 is 1.37 bits per heavy atom. The number of nitrogens with two attached hydrogens (primary N) is 1. The van der Waals surface area contributed by atoms with Gasteiger partial charge in [0, 0.05) is 16.8 Å². The van der Waals surface area contributed by atoms with Crippen molar-refractivity contribution in [3.05, 3.63) is 22.4 Å². The fourth-order valence-electron chi connectivity index (χ4n) is 2.35. The summed E-state index contributed by atoms with van der Waals surface area (Å²) in [5.41, 5.74) is 5.80. The number of amides is 1. The number of carbonyl (C=O) groups is 2. The van der Waals surface area contributed by atoms with E-state index in [1.54, 1.807) is 17.5 Å². The number of carboxylic acids is 1. The zero-order valence-corrected chi connectivity index (χ0v) is 11.4. The fraction of sp³-hybridized carbons (Fsp3) is 0.538. The molecule has 1 aliphatic rings. The number of rotatable bonds is 4. The Bertz CT molecular complexity index is 439. The molecule has 1 fully saturated rings. The third-order valence-electron chi connectivity index (χ3n) is 3.50. The number of carboxylic acid groups (broad SMARTS) is 1. The minimum atomic E-state index is -1.02. The number of nitrogens with one attached hydrogen (secondary N) is 1. The molecule has 1 aromatic rings. The molecule has 0 saturated heterocycles. The summed E-state index contributed by atoms with van der Waals surface area (Å²) in [7, 11) is 0. The van der Waals surface area contributed by atoms with Crippen molar-refractivity contribution >= 4 is 23.2 Å². The summed E-state index contributed by atoms with van der Waals surface area (Å²) in [4.78, 5) is 24.0. The highest BCUT2D eigenvalue weighted by Gasteiger charge is 2.29. The Morgan fingerprint density at radius 3 is 2.58 bits per heavy atom. The first-order valence-corrected chi connectivity index (χ1v) is 7.28. The highest BCUT2D eigenvalue weighted by atomic mass is 32.1. The molecule has 1 heterocycles. The topological polar surface area (TPSA) is 92.4 Å². The molecule has 0 aliphatic heterocycles. The monoisotopic (exact) mass is 282 g/mol. The smallest absolute Gasteiger partial charge is 0.331 e. The second-order valence-electron chi connectivity index (χ2n) is 4.91. The van der Waals surface area contributed by atoms with Crippen molar-refractivity contribution in [3.63, 3.8) is 0 Å². The normalized spacial score (nSPS) is 24.7. The fourth-order valence-corrected chi connectivity index (χ4v) is 3.12. The minimum absolute atomic E-state index is 0.110. The predicted molar refractivity (Wildman–Crippen MR) is 72.8 cm³/mol. The number of carbonyl (C=O) groups excluding carboxylic acids is 1. The summed E-state index contributed by atoms with van der Waals surface area (Å²) in [6.07, 6.45) is 3.14. The van der Waals surface area contributed by atoms with Crippen LogP contribution in [0.3, 0.4) is 0 Å². The van der Waals surface area contributed by atoms with Gasteiger partial charge in [-0.1, -0.05) is 6.07 Å². The summed E-state index contributed by atoms with van der Waals surface area (Å²) in [6.45, 7) is 0. The lowest BCUT2D eigenvalue weighted by Gasteiger charge is -2.26. The van der Waals surface area contributed by atoms with Crippen LogP contribution in [0.25, 0.3) is 0 Å². The summed E-state index contributed by atoms with van der Waals surface area (Å²) < 4.78 is 0. The largest absolute Gasteiger partial charge is 0.479 e. The Kier molecular flexibility index (Phi) is 4.55. The van der Waals surface area contributed by atoms with Gasteiger partial charge >= 0.3 is 5.97 Å². The third-order valence-corrected chi connectivity index (χ3v) is 4.44. The van der Waals surface area contributed by atoms with Gasteiger partial charge in [0.25, 0.3) is 0 Å². The van der Waals surface area contributed by atoms with Gasteiger partial charge in [0.15, 0.2) is 6.04 Å². The number of aliphatic carboxylic acids is 1. The standard InChI is InChI=1S/C13H18N2O3S/c14-9-5-3-8(4-6-9)12(16)15-11(13(17)18)10-2-1-7-19-10/h1-2,7-9,11H,3-6,14H2,(H,15,16)(H,17,18). The first-order chi connectivity index (χ1) is 9.08. The molecule has 104 valence electrons. The van der Waals surface area contributed by atoms with Crippen LogP contribution in [-0.4, -0.2) is 23.0 Å². The van der Waals surface area contributed by atoms with E-state index in [0.29, 0.717) is 4.88 Å². The molecular formula is C13H18N2O3S. The van der Waals surface area contributed by atoms with E-state index in [4.69, 9.17) is 5.73 Å². The molecule has 19 heavy (non-hydrogen) atoms. The zero-order chi connectivity index (χ0) is 13.8. The molecule has 0 aromatic carbocycles. The maximum Gasteiger partial charge on any atom is 0.331 e. The van der Waals surface area contributed by atoms with Gasteiger partial charge in [-0.2, -0.15) is 0 Å². The molecule has 0 bridgehead atoms. The van der Waals surface area contributed by atoms with Crippen LogP contribution in [0.4, 0.5) is 0 Å². The van der Waals surface area contributed by atoms with Crippen molar-refractivity contribution in [2.24, 2.45) is 11.7 Å². The van der Waals surface area contributed by atoms with Crippen molar-refractivity contribution in [2.75, 3.05) is 0 Å². The molecule has 1 saturated carbocycles. The summed E-state index contributed by atoms with van der Waals surface area (Å²) in [5.74, 6) is -1.31. The zero-order valence-electron chi connectivity index (χ0n) is 10.5. The number of thiophene rings is 1. The Morgan fingerprint density at radius 2 is 2.05 bits per heavy atom. The first kappa shape index (κ1) is 14.0. The van der Waals surface area contributed by atoms with Gasteiger partial charge < -0.3 is 16.2 Å². The van der Waals surface area contributed by atoms with Crippen LogP contribution in [0.5, 0.6) is 0 Å². The van der Waals surface area contributed by atoms with E-state index >= 15 is 0 Å². The van der Waals surface area contributed by atoms with Crippen LogP contribution in [0.2, 0.25) is 0 Å². The molecule has 6 heteroatoms. The van der Waals surface area contributed by atoms with Crippen LogP contribution >= 0.6 is 11.3 Å². The van der Waals surface area contributed by atoms with E-state index in [1.165, 1.54) is 11.3 Å². The predicted octanol–water partition coefficient (Wildman–Crippen LogP) is 1.51. The van der Waals surface area contributed by atoms with E-state index < -0.39 is 12.0 Å². The maximum absolute atomic E-state index is 12.1. The molecule has 1 aromatic heterocycles. The summed E-state index contributed by atoms with van der Waals surface area (Å²) in [5, 5.41) is 13.6. The summed E-state index contributed by atoms with van der Waals surface area (Å²) >= 11 is 1.33. The molecule has 0 spiro atoms. The molecule has 4 N–H and O–H groups in total. The maximum atomic E-state index is 12.1. The van der Waals surface area contributed by atoms with Crippen molar-refractivity contribution < 1.29 is 14.7 Å². The van der Waals surface area contributed by atoms with Gasteiger partial charge in [-0.15, -0.1) is 11.3 Å². The van der Waals surface area contributed by atoms with Crippen LogP contribution in [0.15, 0.2) is 17.5 Å². The van der Waals surface area contributed by atoms with Gasteiger partial charge in [-0.05, 0) is 37.1 Å². The highest BCUT2D eigenvalue weighted by molar-refractivity contribution is 7.10. The van der Waals surface area contributed by atoms with E-state index in [9.17, 15) is 14.7 Å². The quantitative estimate of drug-likeness (QED) is 0.780. The van der Waals surface area contributed by atoms with Crippen molar-refractivity contribution in [1.29, 1.82) is 0 Å². The lowest BCUT2D eigenvalue weighted by Crippen LogP contribution is -2.40. The molecule has 1 amide bonds. The van der Waals surface area contributed by atoms with E-state index in [1.807, 2.05) is 0 Å². The van der Waals surface area contributed by atoms with Gasteiger partial charge in [0.05, 0.1) is 0 Å². The molecule has 1 aliphatic carbocycles. The molecule has 1 atom stereocenters. The molecule has 2 rings (SSSR count). The van der Waals surface area contributed by atoms with Gasteiger partial charge in [0.2, 0.25) is 5.91 Å². The van der Waals surface area contributed by atoms with Gasteiger partial charge in [-0.3, -0.25) is 4.79 Å². The number of hydrogen-bond acceptors (Lipinski definition) is 4. The van der Waals surface area contributed by atoms with Crippen LogP contribution < -0.4 is 11.1 Å². The van der Waals surface area contributed by atoms with Gasteiger partial charge in [-0.25, -0.2) is 4.79 Å². The lowest BCUT2D eigenvalue weighted by molar-refractivity contribution is -0.142. The second kappa shape index (κ2) is 6.16. The Labute approximate surface area is 115 Å². The molecular weight excluding hydrogens is 264 g/mol. The second-order valence-corrected chi connectivity index (χ2v) is 5.89. The van der Waals surface area contributed by atoms with Gasteiger partial charge in [0.1, 0.15) is 0 Å². The van der Waals surface area contributed by atoms with Crippen molar-refractivity contribution in [3.8, 4) is 0 Å². The van der Waals surface area contributed by atoms with Crippen LogP contribution in [0, 0.1) is 5.92 Å². The first-order valence-electron chi connectivity index (χ1n) is 6.40. The van der Waals surface area contributed by atoms with Crippen molar-refractivity contribution in [1.82, 2.24) is 5.32 Å². The van der Waals surface area contributed by atoms with Crippen LogP contribution in [0.1, 0.15) is 36.6 Å². The SMILES string of the molecule is NC1CCC(C(=O)NC(C(=O)O)c2cccs2)CC1. The molecule has 1 unspecified atom stereocenters. The Balaban J connectivity index is 1.98. The molecule has 0 radical (unpaired) electrons. The third kappa shape index (κ3) is 3.54. The minimum Gasteiger partial charge on any atom is -0.479 e. The summed E-state index contributed by atoms with van der Waals surface area (Å²) in [6, 6.07) is 2.74. The van der Waals surface area contributed by atoms with E-state index in [2.05, 4.69) is 5.32 Å². The average molecular weight is 282 g/mol. The average Bonchev–Trinajstić information content (AvgIpc) is 2.89.